The molecule has 7 rings (SSSR count). The Labute approximate surface area is 256 Å². The van der Waals surface area contributed by atoms with Crippen molar-refractivity contribution in [2.75, 3.05) is 0 Å². The summed E-state index contributed by atoms with van der Waals surface area (Å²) in [6, 6.07) is 51.4. The fourth-order valence-electron chi connectivity index (χ4n) is 5.52. The minimum absolute atomic E-state index is 0.489. The van der Waals surface area contributed by atoms with E-state index in [9.17, 15) is 0 Å². The van der Waals surface area contributed by atoms with Crippen molar-refractivity contribution in [2.24, 2.45) is 15.0 Å². The molecule has 44 heavy (non-hydrogen) atoms. The van der Waals surface area contributed by atoms with Gasteiger partial charge in [-0.05, 0) is 47.2 Å². The molecule has 0 amide bonds. The average molecular weight is 568 g/mol. The van der Waals surface area contributed by atoms with E-state index in [0.717, 1.165) is 49.8 Å². The largest absolute Gasteiger partial charge is 0.455 e. The predicted octanol–water partition coefficient (Wildman–Crippen LogP) is 10.0. The Balaban J connectivity index is 1.37. The van der Waals surface area contributed by atoms with Crippen LogP contribution in [-0.2, 0) is 6.54 Å². The van der Waals surface area contributed by atoms with Gasteiger partial charge in [0.15, 0.2) is 11.7 Å². The molecule has 0 aliphatic heterocycles. The van der Waals surface area contributed by atoms with Crippen molar-refractivity contribution in [1.29, 1.82) is 0 Å². The highest BCUT2D eigenvalue weighted by atomic mass is 16.3. The normalized spacial score (nSPS) is 12.1. The number of hydrogen-bond donors (Lipinski definition) is 0. The van der Waals surface area contributed by atoms with Gasteiger partial charge in [-0.2, -0.15) is 0 Å². The molecule has 0 radical (unpaired) electrons. The molecule has 4 heteroatoms. The number of fused-ring (bicyclic) bond motifs is 3. The summed E-state index contributed by atoms with van der Waals surface area (Å²) in [6.07, 6.45) is 0. The van der Waals surface area contributed by atoms with Crippen LogP contribution in [-0.4, -0.2) is 18.4 Å². The summed E-state index contributed by atoms with van der Waals surface area (Å²) < 4.78 is 6.54. The molecule has 7 aromatic rings. The van der Waals surface area contributed by atoms with Crippen LogP contribution >= 0.6 is 0 Å². The van der Waals surface area contributed by atoms with Crippen LogP contribution < -0.4 is 0 Å². The number of hydrogen-bond acceptors (Lipinski definition) is 2. The monoisotopic (exact) mass is 567 g/mol. The molecule has 0 aliphatic rings. The first kappa shape index (κ1) is 27.0. The van der Waals surface area contributed by atoms with E-state index in [1.54, 1.807) is 0 Å². The summed E-state index contributed by atoms with van der Waals surface area (Å²) in [7, 11) is 0. The van der Waals surface area contributed by atoms with Crippen molar-refractivity contribution in [3.63, 3.8) is 0 Å². The smallest absolute Gasteiger partial charge is 0.161 e. The molecule has 4 nitrogen and oxygen atoms in total. The molecule has 210 valence electrons. The number of furan rings is 1. The Morgan fingerprint density at radius 2 is 1.18 bits per heavy atom. The fraction of sp³-hybridized carbons (Fsp3) is 0.0250. The van der Waals surface area contributed by atoms with Crippen LogP contribution in [0.3, 0.4) is 0 Å². The zero-order valence-electron chi connectivity index (χ0n) is 24.1. The Bertz CT molecular complexity index is 2130. The molecule has 0 fully saturated rings. The first-order valence-electron chi connectivity index (χ1n) is 14.6. The lowest BCUT2D eigenvalue weighted by Crippen LogP contribution is -2.06. The van der Waals surface area contributed by atoms with Gasteiger partial charge < -0.3 is 4.42 Å². The van der Waals surface area contributed by atoms with Crippen molar-refractivity contribution in [1.82, 2.24) is 0 Å². The summed E-state index contributed by atoms with van der Waals surface area (Å²) in [5, 5.41) is 1.95. The highest BCUT2D eigenvalue weighted by Crippen LogP contribution is 2.39. The number of amidine groups is 2. The minimum atomic E-state index is 0.489. The molecule has 1 aromatic heterocycles. The standard InChI is InChI=1S/C40H29N3O/c1-41-40(43-39(32-17-9-4-10-18-32)42-27-28-13-5-2-6-14-28)35-26-25-33(38-37(35)34-19-11-12-20-36(34)44-38)31-23-21-30(22-24-31)29-15-7-3-8-16-29/h2-26H,1,27H2. The van der Waals surface area contributed by atoms with E-state index >= 15 is 0 Å². The lowest BCUT2D eigenvalue weighted by Gasteiger charge is -2.10. The van der Waals surface area contributed by atoms with Gasteiger partial charge in [-0.15, -0.1) is 0 Å². The van der Waals surface area contributed by atoms with Gasteiger partial charge >= 0.3 is 0 Å². The maximum Gasteiger partial charge on any atom is 0.161 e. The van der Waals surface area contributed by atoms with Crippen LogP contribution in [0.5, 0.6) is 0 Å². The van der Waals surface area contributed by atoms with Crippen LogP contribution in [0.1, 0.15) is 16.7 Å². The Morgan fingerprint density at radius 1 is 0.568 bits per heavy atom. The third-order valence-electron chi connectivity index (χ3n) is 7.72. The molecular formula is C40H29N3O. The molecule has 0 N–H and O–H groups in total. The SMILES string of the molecule is C=NC(=NC(=NCc1ccccc1)c1ccccc1)c1ccc(-c2ccc(-c3ccccc3)cc2)c2oc3ccccc3c12. The van der Waals surface area contributed by atoms with Gasteiger partial charge in [0.25, 0.3) is 0 Å². The Kier molecular flexibility index (Phi) is 7.46. The number of rotatable bonds is 6. The molecular weight excluding hydrogens is 538 g/mol. The van der Waals surface area contributed by atoms with Crippen LogP contribution in [0.2, 0.25) is 0 Å². The van der Waals surface area contributed by atoms with Crippen molar-refractivity contribution >= 4 is 40.3 Å². The lowest BCUT2D eigenvalue weighted by molar-refractivity contribution is 0.670. The molecule has 0 aliphatic carbocycles. The summed E-state index contributed by atoms with van der Waals surface area (Å²) in [5.41, 5.74) is 8.88. The van der Waals surface area contributed by atoms with E-state index in [4.69, 9.17) is 14.4 Å². The van der Waals surface area contributed by atoms with E-state index < -0.39 is 0 Å². The van der Waals surface area contributed by atoms with Gasteiger partial charge in [-0.1, -0.05) is 133 Å². The van der Waals surface area contributed by atoms with Crippen LogP contribution in [0.15, 0.2) is 171 Å². The zero-order valence-corrected chi connectivity index (χ0v) is 24.1. The molecule has 6 aromatic carbocycles. The summed E-state index contributed by atoms with van der Waals surface area (Å²) in [4.78, 5) is 14.4. The number of nitrogens with zero attached hydrogens (tertiary/aromatic N) is 3. The number of benzene rings is 6. The number of para-hydroxylation sites is 1. The molecule has 0 saturated carbocycles. The third kappa shape index (κ3) is 5.37. The maximum atomic E-state index is 6.54. The van der Waals surface area contributed by atoms with Gasteiger partial charge in [0.2, 0.25) is 0 Å². The molecule has 0 atom stereocenters. The quantitative estimate of drug-likeness (QED) is 0.146. The van der Waals surface area contributed by atoms with Crippen LogP contribution in [0, 0.1) is 0 Å². The second-order valence-corrected chi connectivity index (χ2v) is 10.5. The molecule has 0 saturated heterocycles. The van der Waals surface area contributed by atoms with E-state index in [0.29, 0.717) is 18.2 Å². The van der Waals surface area contributed by atoms with Crippen LogP contribution in [0.25, 0.3) is 44.2 Å². The van der Waals surface area contributed by atoms with Gasteiger partial charge in [-0.25, -0.2) is 9.98 Å². The Morgan fingerprint density at radius 3 is 1.91 bits per heavy atom. The zero-order chi connectivity index (χ0) is 29.7. The van der Waals surface area contributed by atoms with Crippen molar-refractivity contribution in [3.05, 3.63) is 168 Å². The first-order chi connectivity index (χ1) is 21.8. The predicted molar refractivity (Wildman–Crippen MR) is 184 cm³/mol. The van der Waals surface area contributed by atoms with E-state index in [2.05, 4.69) is 90.6 Å². The maximum absolute atomic E-state index is 6.54. The van der Waals surface area contributed by atoms with Gasteiger partial charge in [0, 0.05) is 27.5 Å². The minimum Gasteiger partial charge on any atom is -0.455 e. The summed E-state index contributed by atoms with van der Waals surface area (Å²) >= 11 is 0. The highest BCUT2D eigenvalue weighted by molar-refractivity contribution is 6.23. The fourth-order valence-corrected chi connectivity index (χ4v) is 5.52. The van der Waals surface area contributed by atoms with Crippen LogP contribution in [0.4, 0.5) is 0 Å². The van der Waals surface area contributed by atoms with Gasteiger partial charge in [0.05, 0.1) is 6.54 Å². The highest BCUT2D eigenvalue weighted by Gasteiger charge is 2.19. The first-order valence-corrected chi connectivity index (χ1v) is 14.6. The van der Waals surface area contributed by atoms with Gasteiger partial charge in [-0.3, -0.25) is 4.99 Å². The molecule has 0 spiro atoms. The summed E-state index contributed by atoms with van der Waals surface area (Å²) in [6.45, 7) is 4.43. The van der Waals surface area contributed by atoms with E-state index in [-0.39, 0.29) is 0 Å². The van der Waals surface area contributed by atoms with E-state index in [1.165, 1.54) is 11.1 Å². The average Bonchev–Trinajstić information content (AvgIpc) is 3.49. The Hall–Kier alpha value is -5.87. The molecule has 1 heterocycles. The van der Waals surface area contributed by atoms with Crippen molar-refractivity contribution in [2.45, 2.75) is 6.54 Å². The second-order valence-electron chi connectivity index (χ2n) is 10.5. The van der Waals surface area contributed by atoms with Gasteiger partial charge in [0.1, 0.15) is 11.2 Å². The van der Waals surface area contributed by atoms with Crippen molar-refractivity contribution < 1.29 is 4.42 Å². The topological polar surface area (TPSA) is 50.2 Å². The van der Waals surface area contributed by atoms with Crippen molar-refractivity contribution in [3.8, 4) is 22.3 Å². The summed E-state index contributed by atoms with van der Waals surface area (Å²) in [5.74, 6) is 1.08. The second kappa shape index (κ2) is 12.2. The third-order valence-corrected chi connectivity index (χ3v) is 7.72. The lowest BCUT2D eigenvalue weighted by atomic mass is 9.96. The molecule has 0 unspecified atom stereocenters. The molecule has 0 bridgehead atoms. The van der Waals surface area contributed by atoms with E-state index in [1.807, 2.05) is 72.8 Å². The number of aliphatic imine (C=N–C) groups is 3.